The zero-order valence-corrected chi connectivity index (χ0v) is 20.2. The first-order valence-electron chi connectivity index (χ1n) is 12.6. The third-order valence-corrected chi connectivity index (χ3v) is 7.11. The monoisotopic (exact) mass is 490 g/mol. The summed E-state index contributed by atoms with van der Waals surface area (Å²) in [6.45, 7) is 3.38. The van der Waals surface area contributed by atoms with Crippen molar-refractivity contribution in [2.45, 2.75) is 37.5 Å². The van der Waals surface area contributed by atoms with Crippen LogP contribution in [0.25, 0.3) is 22.3 Å². The lowest BCUT2D eigenvalue weighted by molar-refractivity contribution is 0.00695. The minimum Gasteiger partial charge on any atom is -0.390 e. The highest BCUT2D eigenvalue weighted by molar-refractivity contribution is 5.99. The molecule has 190 valence electrons. The quantitative estimate of drug-likeness (QED) is 0.173. The maximum absolute atomic E-state index is 10.9. The predicted molar refractivity (Wildman–Crippen MR) is 139 cm³/mol. The van der Waals surface area contributed by atoms with E-state index in [-0.39, 0.29) is 12.0 Å². The van der Waals surface area contributed by atoms with Gasteiger partial charge in [0.2, 0.25) is 0 Å². The Morgan fingerprint density at radius 2 is 1.86 bits per heavy atom. The van der Waals surface area contributed by atoms with Gasteiger partial charge in [-0.15, -0.1) is 0 Å². The first kappa shape index (κ1) is 24.4. The van der Waals surface area contributed by atoms with Crippen LogP contribution in [0.15, 0.2) is 55.1 Å². The molecule has 1 fully saturated rings. The van der Waals surface area contributed by atoms with Crippen molar-refractivity contribution < 1.29 is 10.2 Å². The van der Waals surface area contributed by atoms with Gasteiger partial charge in [-0.25, -0.2) is 9.97 Å². The number of aliphatic hydroxyl groups excluding tert-OH is 2. The van der Waals surface area contributed by atoms with E-state index in [0.29, 0.717) is 29.8 Å². The fourth-order valence-electron chi connectivity index (χ4n) is 5.18. The largest absolute Gasteiger partial charge is 0.390 e. The SMILES string of the molecule is Nc1ncnc2c1c(-c1ccn[nH]1)cn2[C@@H]1C[C@H](CNCCCNCCc2ccccc2)[C@@H](O)[C@H]1O. The van der Waals surface area contributed by atoms with E-state index in [0.717, 1.165) is 43.7 Å². The number of hydrogen-bond acceptors (Lipinski definition) is 8. The van der Waals surface area contributed by atoms with Gasteiger partial charge < -0.3 is 31.1 Å². The van der Waals surface area contributed by atoms with Crippen molar-refractivity contribution in [3.63, 3.8) is 0 Å². The molecule has 0 saturated heterocycles. The average Bonchev–Trinajstić information content (AvgIpc) is 3.62. The molecule has 36 heavy (non-hydrogen) atoms. The molecule has 3 aromatic heterocycles. The van der Waals surface area contributed by atoms with Gasteiger partial charge in [0.15, 0.2) is 0 Å². The third kappa shape index (κ3) is 5.12. The number of rotatable bonds is 11. The van der Waals surface area contributed by atoms with Crippen LogP contribution >= 0.6 is 0 Å². The van der Waals surface area contributed by atoms with Gasteiger partial charge >= 0.3 is 0 Å². The molecule has 7 N–H and O–H groups in total. The fraction of sp³-hybridized carbons (Fsp3) is 0.423. The summed E-state index contributed by atoms with van der Waals surface area (Å²) in [4.78, 5) is 8.60. The molecule has 0 amide bonds. The molecule has 5 rings (SSSR count). The molecule has 4 atom stereocenters. The highest BCUT2D eigenvalue weighted by Crippen LogP contribution is 2.40. The zero-order valence-electron chi connectivity index (χ0n) is 20.2. The van der Waals surface area contributed by atoms with Crippen LogP contribution in [0, 0.1) is 5.92 Å². The fourth-order valence-corrected chi connectivity index (χ4v) is 5.18. The van der Waals surface area contributed by atoms with Crippen molar-refractivity contribution >= 4 is 16.9 Å². The van der Waals surface area contributed by atoms with Crippen LogP contribution in [0.5, 0.6) is 0 Å². The van der Waals surface area contributed by atoms with Crippen LogP contribution in [0.1, 0.15) is 24.4 Å². The molecular weight excluding hydrogens is 456 g/mol. The van der Waals surface area contributed by atoms with Crippen LogP contribution in [0.4, 0.5) is 5.82 Å². The van der Waals surface area contributed by atoms with Gasteiger partial charge in [0, 0.05) is 30.4 Å². The van der Waals surface area contributed by atoms with Crippen molar-refractivity contribution in [2.24, 2.45) is 5.92 Å². The zero-order chi connectivity index (χ0) is 24.9. The Morgan fingerprint density at radius 3 is 2.67 bits per heavy atom. The molecule has 1 aliphatic rings. The number of aliphatic hydroxyl groups is 2. The number of H-pyrrole nitrogens is 1. The van der Waals surface area contributed by atoms with Crippen molar-refractivity contribution in [2.75, 3.05) is 31.9 Å². The van der Waals surface area contributed by atoms with Crippen LogP contribution in [-0.4, -0.2) is 73.3 Å². The van der Waals surface area contributed by atoms with Crippen molar-refractivity contribution in [3.05, 3.63) is 60.7 Å². The number of benzene rings is 1. The number of aromatic amines is 1. The van der Waals surface area contributed by atoms with E-state index in [1.54, 1.807) is 6.20 Å². The lowest BCUT2D eigenvalue weighted by atomic mass is 10.1. The van der Waals surface area contributed by atoms with Crippen molar-refractivity contribution in [1.82, 2.24) is 35.4 Å². The summed E-state index contributed by atoms with van der Waals surface area (Å²) >= 11 is 0. The molecule has 1 aromatic carbocycles. The third-order valence-electron chi connectivity index (χ3n) is 7.11. The van der Waals surface area contributed by atoms with Gasteiger partial charge in [-0.3, -0.25) is 5.10 Å². The maximum atomic E-state index is 10.9. The Hall–Kier alpha value is -3.31. The first-order chi connectivity index (χ1) is 17.6. The summed E-state index contributed by atoms with van der Waals surface area (Å²) in [5.74, 6) is 0.301. The molecule has 10 heteroatoms. The second-order valence-corrected chi connectivity index (χ2v) is 9.47. The van der Waals surface area contributed by atoms with E-state index < -0.39 is 12.2 Å². The van der Waals surface area contributed by atoms with Crippen LogP contribution < -0.4 is 16.4 Å². The molecule has 3 heterocycles. The summed E-state index contributed by atoms with van der Waals surface area (Å²) in [5, 5.41) is 36.4. The Balaban J connectivity index is 1.15. The summed E-state index contributed by atoms with van der Waals surface area (Å²) in [6.07, 6.45) is 5.94. The number of nitrogen functional groups attached to an aromatic ring is 1. The number of anilines is 1. The Morgan fingerprint density at radius 1 is 1.03 bits per heavy atom. The molecule has 0 aliphatic heterocycles. The van der Waals surface area contributed by atoms with Crippen LogP contribution in [0.2, 0.25) is 0 Å². The topological polar surface area (TPSA) is 150 Å². The Kier molecular flexibility index (Phi) is 7.57. The summed E-state index contributed by atoms with van der Waals surface area (Å²) < 4.78 is 1.92. The number of nitrogens with zero attached hydrogens (tertiary/aromatic N) is 4. The summed E-state index contributed by atoms with van der Waals surface area (Å²) in [5.41, 5.74) is 9.79. The van der Waals surface area contributed by atoms with Gasteiger partial charge in [-0.05, 0) is 50.5 Å². The van der Waals surface area contributed by atoms with Crippen LogP contribution in [-0.2, 0) is 6.42 Å². The summed E-state index contributed by atoms with van der Waals surface area (Å²) in [7, 11) is 0. The van der Waals surface area contributed by atoms with Gasteiger partial charge in [-0.2, -0.15) is 5.10 Å². The molecule has 0 radical (unpaired) electrons. The molecule has 0 bridgehead atoms. The standard InChI is InChI=1S/C26H34N8O2/c27-25-22-19(20-8-12-32-33-20)15-34(26(22)31-16-30-25)21-13-18(23(35)24(21)36)14-29-10-4-9-28-11-7-17-5-2-1-3-6-17/h1-3,5-6,8,12,15-16,18,21,23-24,28-29,35-36H,4,7,9-11,13-14H2,(H,32,33)(H2,27,30,31)/t18-,21-,23-,24+/m1/s1. The van der Waals surface area contributed by atoms with Crippen molar-refractivity contribution in [1.29, 1.82) is 0 Å². The number of aromatic nitrogens is 5. The maximum Gasteiger partial charge on any atom is 0.146 e. The van der Waals surface area contributed by atoms with E-state index in [1.165, 1.54) is 11.9 Å². The minimum atomic E-state index is -0.905. The van der Waals surface area contributed by atoms with Crippen molar-refractivity contribution in [3.8, 4) is 11.3 Å². The molecule has 1 saturated carbocycles. The minimum absolute atomic E-state index is 0.0664. The molecular formula is C26H34N8O2. The van der Waals surface area contributed by atoms with Gasteiger partial charge in [0.05, 0.1) is 23.2 Å². The second kappa shape index (κ2) is 11.2. The Bertz CT molecular complexity index is 1240. The molecule has 1 aliphatic carbocycles. The van der Waals surface area contributed by atoms with Gasteiger partial charge in [0.25, 0.3) is 0 Å². The lowest BCUT2D eigenvalue weighted by Crippen LogP contribution is -2.34. The number of nitrogens with two attached hydrogens (primary N) is 1. The average molecular weight is 491 g/mol. The van der Waals surface area contributed by atoms with E-state index in [1.807, 2.05) is 22.9 Å². The second-order valence-electron chi connectivity index (χ2n) is 9.47. The first-order valence-corrected chi connectivity index (χ1v) is 12.6. The van der Waals surface area contributed by atoms with E-state index in [9.17, 15) is 10.2 Å². The van der Waals surface area contributed by atoms with Gasteiger partial charge in [-0.1, -0.05) is 30.3 Å². The lowest BCUT2D eigenvalue weighted by Gasteiger charge is -2.19. The number of fused-ring (bicyclic) bond motifs is 1. The summed E-state index contributed by atoms with van der Waals surface area (Å²) in [6, 6.07) is 12.0. The molecule has 0 unspecified atom stereocenters. The predicted octanol–water partition coefficient (Wildman–Crippen LogP) is 1.50. The van der Waals surface area contributed by atoms with Gasteiger partial charge in [0.1, 0.15) is 23.9 Å². The highest BCUT2D eigenvalue weighted by atomic mass is 16.3. The van der Waals surface area contributed by atoms with E-state index >= 15 is 0 Å². The highest BCUT2D eigenvalue weighted by Gasteiger charge is 2.42. The number of nitrogens with one attached hydrogen (secondary N) is 3. The van der Waals surface area contributed by atoms with E-state index in [4.69, 9.17) is 5.73 Å². The molecule has 4 aromatic rings. The Labute approximate surface area is 210 Å². The number of hydrogen-bond donors (Lipinski definition) is 6. The van der Waals surface area contributed by atoms with E-state index in [2.05, 4.69) is 55.1 Å². The van der Waals surface area contributed by atoms with Crippen LogP contribution in [0.3, 0.4) is 0 Å². The molecule has 10 nitrogen and oxygen atoms in total. The molecule has 0 spiro atoms. The smallest absolute Gasteiger partial charge is 0.146 e. The normalized spacial score (nSPS) is 21.9.